The van der Waals surface area contributed by atoms with Crippen LogP contribution in [0.5, 0.6) is 0 Å². The average molecular weight is 327 g/mol. The van der Waals surface area contributed by atoms with Gasteiger partial charge in [0.15, 0.2) is 5.82 Å². The molecule has 0 aliphatic rings. The second-order valence-electron chi connectivity index (χ2n) is 4.97. The molecule has 2 aromatic heterocycles. The highest BCUT2D eigenvalue weighted by molar-refractivity contribution is 5.94. The lowest BCUT2D eigenvalue weighted by molar-refractivity contribution is 0.0951. The molecule has 0 aliphatic carbocycles. The number of nitrogens with zero attached hydrogens (tertiary/aromatic N) is 4. The average Bonchev–Trinajstić information content (AvgIpc) is 3.11. The lowest BCUT2D eigenvalue weighted by Gasteiger charge is -2.08. The quantitative estimate of drug-likeness (QED) is 0.758. The Morgan fingerprint density at radius 2 is 2.08 bits per heavy atom. The molecule has 3 aromatic rings. The van der Waals surface area contributed by atoms with Crippen LogP contribution in [0.4, 0.5) is 4.39 Å². The van der Waals surface area contributed by atoms with Crippen LogP contribution in [-0.2, 0) is 6.54 Å². The van der Waals surface area contributed by atoms with Gasteiger partial charge in [-0.05, 0) is 30.3 Å². The van der Waals surface area contributed by atoms with Gasteiger partial charge >= 0.3 is 0 Å². The van der Waals surface area contributed by atoms with Crippen molar-refractivity contribution >= 4 is 5.91 Å². The molecule has 0 fully saturated rings. The Hall–Kier alpha value is -3.29. The van der Waals surface area contributed by atoms with E-state index in [1.807, 2.05) is 0 Å². The van der Waals surface area contributed by atoms with Crippen molar-refractivity contribution < 1.29 is 9.18 Å². The number of nitrogens with one attached hydrogen (secondary N) is 1. The number of hydrogen-bond donors (Lipinski definition) is 1. The predicted octanol–water partition coefficient (Wildman–Crippen LogP) is 0.998. The molecule has 0 radical (unpaired) electrons. The van der Waals surface area contributed by atoms with Crippen LogP contribution in [0.25, 0.3) is 5.82 Å². The van der Waals surface area contributed by atoms with Gasteiger partial charge < -0.3 is 5.32 Å². The zero-order valence-electron chi connectivity index (χ0n) is 12.6. The monoisotopic (exact) mass is 327 g/mol. The Balaban J connectivity index is 1.65. The normalized spacial score (nSPS) is 10.5. The van der Waals surface area contributed by atoms with Crippen molar-refractivity contribution in [1.82, 2.24) is 24.9 Å². The molecular weight excluding hydrogens is 313 g/mol. The predicted molar refractivity (Wildman–Crippen MR) is 84.4 cm³/mol. The van der Waals surface area contributed by atoms with E-state index >= 15 is 0 Å². The van der Waals surface area contributed by atoms with Crippen molar-refractivity contribution in [3.05, 3.63) is 76.6 Å². The van der Waals surface area contributed by atoms with Gasteiger partial charge in [-0.1, -0.05) is 6.07 Å². The molecule has 1 N–H and O–H groups in total. The van der Waals surface area contributed by atoms with Crippen molar-refractivity contribution in [3.63, 3.8) is 0 Å². The number of rotatable bonds is 5. The van der Waals surface area contributed by atoms with E-state index in [2.05, 4.69) is 15.5 Å². The minimum absolute atomic E-state index is 0.185. The zero-order valence-corrected chi connectivity index (χ0v) is 12.6. The summed E-state index contributed by atoms with van der Waals surface area (Å²) in [5.74, 6) is -0.394. The van der Waals surface area contributed by atoms with E-state index in [9.17, 15) is 14.0 Å². The molecule has 1 aromatic carbocycles. The number of carbonyl (C=O) groups is 1. The van der Waals surface area contributed by atoms with Gasteiger partial charge in [-0.25, -0.2) is 13.8 Å². The molecule has 0 bridgehead atoms. The highest BCUT2D eigenvalue weighted by atomic mass is 19.1. The summed E-state index contributed by atoms with van der Waals surface area (Å²) < 4.78 is 15.9. The van der Waals surface area contributed by atoms with Crippen molar-refractivity contribution in [2.45, 2.75) is 6.54 Å². The van der Waals surface area contributed by atoms with E-state index < -0.39 is 11.7 Å². The standard InChI is InChI=1S/C16H14FN5O2/c17-13-4-1-3-12(11-13)16(24)18-8-10-22-15(23)6-5-14(20-22)21-9-2-7-19-21/h1-7,9,11H,8,10H2,(H,18,24). The molecule has 0 saturated heterocycles. The Bertz CT molecular complexity index is 905. The van der Waals surface area contributed by atoms with E-state index in [0.717, 1.165) is 6.07 Å². The van der Waals surface area contributed by atoms with Crippen LogP contribution in [0, 0.1) is 5.82 Å². The summed E-state index contributed by atoms with van der Waals surface area (Å²) in [7, 11) is 0. The van der Waals surface area contributed by atoms with E-state index in [-0.39, 0.29) is 24.2 Å². The zero-order chi connectivity index (χ0) is 16.9. The fourth-order valence-corrected chi connectivity index (χ4v) is 2.13. The molecule has 122 valence electrons. The second kappa shape index (κ2) is 6.86. The van der Waals surface area contributed by atoms with Crippen LogP contribution in [0.15, 0.2) is 59.7 Å². The molecule has 0 atom stereocenters. The van der Waals surface area contributed by atoms with Crippen molar-refractivity contribution in [3.8, 4) is 5.82 Å². The van der Waals surface area contributed by atoms with Crippen LogP contribution in [0.3, 0.4) is 0 Å². The van der Waals surface area contributed by atoms with Gasteiger partial charge in [-0.3, -0.25) is 9.59 Å². The highest BCUT2D eigenvalue weighted by Gasteiger charge is 2.07. The number of hydrogen-bond acceptors (Lipinski definition) is 4. The van der Waals surface area contributed by atoms with Crippen LogP contribution < -0.4 is 10.9 Å². The smallest absolute Gasteiger partial charge is 0.266 e. The fourth-order valence-electron chi connectivity index (χ4n) is 2.13. The maximum atomic E-state index is 13.1. The first-order valence-corrected chi connectivity index (χ1v) is 7.25. The molecule has 3 rings (SSSR count). The summed E-state index contributed by atoms with van der Waals surface area (Å²) in [6.07, 6.45) is 3.32. The van der Waals surface area contributed by atoms with E-state index in [1.54, 1.807) is 24.5 Å². The van der Waals surface area contributed by atoms with Gasteiger partial charge in [0.2, 0.25) is 0 Å². The summed E-state index contributed by atoms with van der Waals surface area (Å²) in [6, 6.07) is 10.1. The Labute approximate surface area is 136 Å². The van der Waals surface area contributed by atoms with E-state index in [0.29, 0.717) is 5.82 Å². The third-order valence-corrected chi connectivity index (χ3v) is 3.29. The molecule has 0 spiro atoms. The molecule has 0 saturated carbocycles. The van der Waals surface area contributed by atoms with Crippen LogP contribution in [0.1, 0.15) is 10.4 Å². The van der Waals surface area contributed by atoms with Crippen molar-refractivity contribution in [2.75, 3.05) is 6.54 Å². The van der Waals surface area contributed by atoms with Crippen molar-refractivity contribution in [1.29, 1.82) is 0 Å². The third kappa shape index (κ3) is 3.54. The maximum Gasteiger partial charge on any atom is 0.266 e. The maximum absolute atomic E-state index is 13.1. The fraction of sp³-hybridized carbons (Fsp3) is 0.125. The summed E-state index contributed by atoms with van der Waals surface area (Å²) in [4.78, 5) is 23.8. The number of benzene rings is 1. The molecule has 0 unspecified atom stereocenters. The van der Waals surface area contributed by atoms with E-state index in [1.165, 1.54) is 33.6 Å². The minimum atomic E-state index is -0.479. The minimum Gasteiger partial charge on any atom is -0.350 e. The lowest BCUT2D eigenvalue weighted by Crippen LogP contribution is -2.32. The number of amides is 1. The van der Waals surface area contributed by atoms with Gasteiger partial charge in [0.25, 0.3) is 11.5 Å². The Morgan fingerprint density at radius 3 is 2.83 bits per heavy atom. The first-order valence-electron chi connectivity index (χ1n) is 7.25. The molecule has 2 heterocycles. The largest absolute Gasteiger partial charge is 0.350 e. The Morgan fingerprint density at radius 1 is 1.21 bits per heavy atom. The second-order valence-corrected chi connectivity index (χ2v) is 4.97. The SMILES string of the molecule is O=C(NCCn1nc(-n2cccn2)ccc1=O)c1cccc(F)c1. The van der Waals surface area contributed by atoms with Gasteiger partial charge in [-0.2, -0.15) is 5.10 Å². The molecular formula is C16H14FN5O2. The lowest BCUT2D eigenvalue weighted by atomic mass is 10.2. The molecule has 0 aliphatic heterocycles. The van der Waals surface area contributed by atoms with Crippen LogP contribution >= 0.6 is 0 Å². The summed E-state index contributed by atoms with van der Waals surface area (Å²) in [5, 5.41) is 10.9. The number of aromatic nitrogens is 4. The third-order valence-electron chi connectivity index (χ3n) is 3.29. The summed E-state index contributed by atoms with van der Waals surface area (Å²) in [6.45, 7) is 0.375. The van der Waals surface area contributed by atoms with Crippen LogP contribution in [-0.4, -0.2) is 32.0 Å². The first kappa shape index (κ1) is 15.6. The van der Waals surface area contributed by atoms with Gasteiger partial charge in [0.05, 0.1) is 6.54 Å². The molecule has 7 nitrogen and oxygen atoms in total. The van der Waals surface area contributed by atoms with Gasteiger partial charge in [0.1, 0.15) is 5.82 Å². The molecule has 24 heavy (non-hydrogen) atoms. The van der Waals surface area contributed by atoms with Crippen LogP contribution in [0.2, 0.25) is 0 Å². The first-order chi connectivity index (χ1) is 11.6. The summed E-state index contributed by atoms with van der Waals surface area (Å²) >= 11 is 0. The topological polar surface area (TPSA) is 81.8 Å². The Kier molecular flexibility index (Phi) is 4.46. The molecule has 1 amide bonds. The number of carbonyl (C=O) groups excluding carboxylic acids is 1. The number of halogens is 1. The highest BCUT2D eigenvalue weighted by Crippen LogP contribution is 2.03. The van der Waals surface area contributed by atoms with Gasteiger partial charge in [-0.15, -0.1) is 5.10 Å². The molecule has 8 heteroatoms. The van der Waals surface area contributed by atoms with Crippen molar-refractivity contribution in [2.24, 2.45) is 0 Å². The van der Waals surface area contributed by atoms with E-state index in [4.69, 9.17) is 0 Å². The summed E-state index contributed by atoms with van der Waals surface area (Å²) in [5.41, 5.74) is -0.0634. The van der Waals surface area contributed by atoms with Gasteiger partial charge in [0, 0.05) is 30.6 Å².